The van der Waals surface area contributed by atoms with E-state index in [-0.39, 0.29) is 11.1 Å². The molecular formula is C18H22N2O3. The van der Waals surface area contributed by atoms with Crippen LogP contribution in [0.3, 0.4) is 0 Å². The first-order valence-electron chi connectivity index (χ1n) is 7.47. The fourth-order valence-corrected chi connectivity index (χ4v) is 2.50. The number of para-hydroxylation sites is 1. The number of benzene rings is 2. The molecule has 2 aromatic rings. The van der Waals surface area contributed by atoms with Crippen LogP contribution in [-0.2, 0) is 12.0 Å². The second-order valence-electron chi connectivity index (χ2n) is 6.40. The van der Waals surface area contributed by atoms with Gasteiger partial charge in [0.2, 0.25) is 0 Å². The van der Waals surface area contributed by atoms with Crippen molar-refractivity contribution in [3.05, 3.63) is 63.7 Å². The number of nitro benzene ring substituents is 1. The van der Waals surface area contributed by atoms with Gasteiger partial charge in [0.25, 0.3) is 5.69 Å². The van der Waals surface area contributed by atoms with Crippen LogP contribution in [0.5, 0.6) is 5.75 Å². The van der Waals surface area contributed by atoms with Crippen molar-refractivity contribution in [3.63, 3.8) is 0 Å². The molecule has 0 aromatic heterocycles. The summed E-state index contributed by atoms with van der Waals surface area (Å²) < 4.78 is 5.30. The lowest BCUT2D eigenvalue weighted by Gasteiger charge is -2.23. The summed E-state index contributed by atoms with van der Waals surface area (Å²) in [6.07, 6.45) is 0. The lowest BCUT2D eigenvalue weighted by Crippen LogP contribution is -2.15. The van der Waals surface area contributed by atoms with Crippen molar-refractivity contribution in [1.29, 1.82) is 0 Å². The van der Waals surface area contributed by atoms with Crippen LogP contribution in [0.2, 0.25) is 0 Å². The van der Waals surface area contributed by atoms with E-state index in [1.165, 1.54) is 11.6 Å². The molecule has 0 saturated heterocycles. The smallest absolute Gasteiger partial charge is 0.270 e. The highest BCUT2D eigenvalue weighted by atomic mass is 16.6. The van der Waals surface area contributed by atoms with E-state index in [2.05, 4.69) is 32.2 Å². The average Bonchev–Trinajstić information content (AvgIpc) is 2.51. The number of anilines is 1. The SMILES string of the molecule is COc1ccc([N+](=O)[O-])cc1CNc1ccccc1C(C)(C)C. The van der Waals surface area contributed by atoms with E-state index in [1.54, 1.807) is 19.2 Å². The van der Waals surface area contributed by atoms with Gasteiger partial charge in [-0.15, -0.1) is 0 Å². The summed E-state index contributed by atoms with van der Waals surface area (Å²) in [5.41, 5.74) is 3.05. The molecule has 2 aromatic carbocycles. The van der Waals surface area contributed by atoms with Gasteiger partial charge in [-0.1, -0.05) is 39.0 Å². The summed E-state index contributed by atoms with van der Waals surface area (Å²) in [6.45, 7) is 6.92. The molecule has 0 radical (unpaired) electrons. The third-order valence-corrected chi connectivity index (χ3v) is 3.68. The van der Waals surface area contributed by atoms with Crippen molar-refractivity contribution in [2.45, 2.75) is 32.7 Å². The van der Waals surface area contributed by atoms with Crippen molar-refractivity contribution >= 4 is 11.4 Å². The second kappa shape index (κ2) is 6.69. The van der Waals surface area contributed by atoms with E-state index in [0.717, 1.165) is 11.3 Å². The van der Waals surface area contributed by atoms with Gasteiger partial charge in [0.15, 0.2) is 0 Å². The van der Waals surface area contributed by atoms with Gasteiger partial charge in [0.05, 0.1) is 12.0 Å². The molecule has 0 aliphatic rings. The number of hydrogen-bond donors (Lipinski definition) is 1. The fourth-order valence-electron chi connectivity index (χ4n) is 2.50. The number of hydrogen-bond acceptors (Lipinski definition) is 4. The zero-order valence-corrected chi connectivity index (χ0v) is 13.9. The Balaban J connectivity index is 2.28. The molecule has 0 aliphatic heterocycles. The van der Waals surface area contributed by atoms with Crippen LogP contribution in [-0.4, -0.2) is 12.0 Å². The van der Waals surface area contributed by atoms with Crippen molar-refractivity contribution in [1.82, 2.24) is 0 Å². The highest BCUT2D eigenvalue weighted by Crippen LogP contribution is 2.31. The van der Waals surface area contributed by atoms with Gasteiger partial charge in [-0.25, -0.2) is 0 Å². The molecule has 0 unspecified atom stereocenters. The molecule has 5 heteroatoms. The number of ether oxygens (including phenoxy) is 1. The number of methoxy groups -OCH3 is 1. The Kier molecular flexibility index (Phi) is 4.89. The minimum Gasteiger partial charge on any atom is -0.496 e. The predicted octanol–water partition coefficient (Wildman–Crippen LogP) is 4.51. The van der Waals surface area contributed by atoms with E-state index in [1.807, 2.05) is 18.2 Å². The summed E-state index contributed by atoms with van der Waals surface area (Å²) in [5.74, 6) is 0.635. The first-order chi connectivity index (χ1) is 10.8. The van der Waals surface area contributed by atoms with Crippen LogP contribution >= 0.6 is 0 Å². The highest BCUT2D eigenvalue weighted by molar-refractivity contribution is 5.55. The maximum atomic E-state index is 11.0. The van der Waals surface area contributed by atoms with E-state index in [9.17, 15) is 10.1 Å². The molecule has 5 nitrogen and oxygen atoms in total. The van der Waals surface area contributed by atoms with Gasteiger partial charge in [0, 0.05) is 29.9 Å². The van der Waals surface area contributed by atoms with Gasteiger partial charge < -0.3 is 10.1 Å². The van der Waals surface area contributed by atoms with Crippen molar-refractivity contribution in [2.75, 3.05) is 12.4 Å². The van der Waals surface area contributed by atoms with Crippen LogP contribution in [0.4, 0.5) is 11.4 Å². The average molecular weight is 314 g/mol. The molecule has 0 atom stereocenters. The molecule has 122 valence electrons. The summed E-state index contributed by atoms with van der Waals surface area (Å²) >= 11 is 0. The second-order valence-corrected chi connectivity index (χ2v) is 6.40. The van der Waals surface area contributed by atoms with Crippen LogP contribution in [0.15, 0.2) is 42.5 Å². The molecular weight excluding hydrogens is 292 g/mol. The Hall–Kier alpha value is -2.56. The third-order valence-electron chi connectivity index (χ3n) is 3.68. The Labute approximate surface area is 136 Å². The molecule has 0 bridgehead atoms. The first-order valence-corrected chi connectivity index (χ1v) is 7.47. The largest absolute Gasteiger partial charge is 0.496 e. The van der Waals surface area contributed by atoms with E-state index < -0.39 is 4.92 Å². The number of non-ortho nitro benzene ring substituents is 1. The molecule has 2 rings (SSSR count). The maximum Gasteiger partial charge on any atom is 0.270 e. The number of nitrogens with one attached hydrogen (secondary N) is 1. The zero-order valence-electron chi connectivity index (χ0n) is 13.9. The van der Waals surface area contributed by atoms with E-state index >= 15 is 0 Å². The molecule has 0 fully saturated rings. The van der Waals surface area contributed by atoms with Crippen molar-refractivity contribution in [2.24, 2.45) is 0 Å². The Morgan fingerprint density at radius 2 is 1.87 bits per heavy atom. The minimum atomic E-state index is -0.397. The highest BCUT2D eigenvalue weighted by Gasteiger charge is 2.18. The fraction of sp³-hybridized carbons (Fsp3) is 0.333. The molecule has 0 heterocycles. The van der Waals surface area contributed by atoms with Gasteiger partial charge in [-0.2, -0.15) is 0 Å². The van der Waals surface area contributed by atoms with Crippen LogP contribution in [0.25, 0.3) is 0 Å². The van der Waals surface area contributed by atoms with Crippen LogP contribution in [0, 0.1) is 10.1 Å². The topological polar surface area (TPSA) is 64.4 Å². The monoisotopic (exact) mass is 314 g/mol. The Morgan fingerprint density at radius 3 is 2.48 bits per heavy atom. The van der Waals surface area contributed by atoms with E-state index in [0.29, 0.717) is 12.3 Å². The van der Waals surface area contributed by atoms with Gasteiger partial charge in [-0.05, 0) is 23.1 Å². The molecule has 0 spiro atoms. The summed E-state index contributed by atoms with van der Waals surface area (Å²) in [7, 11) is 1.56. The standard InChI is InChI=1S/C18H22N2O3/c1-18(2,3)15-7-5-6-8-16(15)19-12-13-11-14(20(21)22)9-10-17(13)23-4/h5-11,19H,12H2,1-4H3. The Morgan fingerprint density at radius 1 is 1.17 bits per heavy atom. The first kappa shape index (κ1) is 16.8. The number of rotatable bonds is 5. The molecule has 0 aliphatic carbocycles. The molecule has 1 N–H and O–H groups in total. The van der Waals surface area contributed by atoms with Crippen molar-refractivity contribution < 1.29 is 9.66 Å². The minimum absolute atomic E-state index is 0.0103. The zero-order chi connectivity index (χ0) is 17.0. The van der Waals surface area contributed by atoms with Crippen LogP contribution in [0.1, 0.15) is 31.9 Å². The summed E-state index contributed by atoms with van der Waals surface area (Å²) in [6, 6.07) is 12.7. The molecule has 0 amide bonds. The Bertz CT molecular complexity index is 706. The summed E-state index contributed by atoms with van der Waals surface area (Å²) in [5, 5.41) is 14.3. The summed E-state index contributed by atoms with van der Waals surface area (Å²) in [4.78, 5) is 10.6. The van der Waals surface area contributed by atoms with Gasteiger partial charge in [0.1, 0.15) is 5.75 Å². The van der Waals surface area contributed by atoms with Gasteiger partial charge in [-0.3, -0.25) is 10.1 Å². The number of nitrogens with zero attached hydrogens (tertiary/aromatic N) is 1. The maximum absolute atomic E-state index is 11.0. The lowest BCUT2D eigenvalue weighted by molar-refractivity contribution is -0.384. The number of nitro groups is 1. The predicted molar refractivity (Wildman–Crippen MR) is 92.1 cm³/mol. The van der Waals surface area contributed by atoms with Gasteiger partial charge >= 0.3 is 0 Å². The van der Waals surface area contributed by atoms with Crippen molar-refractivity contribution in [3.8, 4) is 5.75 Å². The molecule has 23 heavy (non-hydrogen) atoms. The van der Waals surface area contributed by atoms with E-state index in [4.69, 9.17) is 4.74 Å². The third kappa shape index (κ3) is 4.00. The molecule has 0 saturated carbocycles. The lowest BCUT2D eigenvalue weighted by atomic mass is 9.86. The van der Waals surface area contributed by atoms with Crippen LogP contribution < -0.4 is 10.1 Å². The quantitative estimate of drug-likeness (QED) is 0.651. The normalized spacial score (nSPS) is 11.1.